The highest BCUT2D eigenvalue weighted by Crippen LogP contribution is 2.44. The highest BCUT2D eigenvalue weighted by atomic mass is 35.5. The van der Waals surface area contributed by atoms with Gasteiger partial charge in [-0.05, 0) is 18.2 Å². The number of fused-ring (bicyclic) bond motifs is 3. The van der Waals surface area contributed by atoms with Crippen LogP contribution in [0.1, 0.15) is 16.1 Å². The molecule has 142 valence electrons. The van der Waals surface area contributed by atoms with Gasteiger partial charge < -0.3 is 9.64 Å². The van der Waals surface area contributed by atoms with Crippen molar-refractivity contribution >= 4 is 29.3 Å². The monoisotopic (exact) mass is 411 g/mol. The first-order chi connectivity index (χ1) is 13.7. The van der Waals surface area contributed by atoms with E-state index in [1.807, 2.05) is 46.0 Å². The Morgan fingerprint density at radius 1 is 1.07 bits per heavy atom. The van der Waals surface area contributed by atoms with Gasteiger partial charge in [-0.15, -0.1) is 11.8 Å². The molecule has 5 rings (SSSR count). The second-order valence-electron chi connectivity index (χ2n) is 6.73. The second kappa shape index (κ2) is 7.28. The summed E-state index contributed by atoms with van der Waals surface area (Å²) in [4.78, 5) is 16.3. The van der Waals surface area contributed by atoms with Gasteiger partial charge in [0.15, 0.2) is 5.69 Å². The Kier molecular flexibility index (Phi) is 4.62. The lowest BCUT2D eigenvalue weighted by atomic mass is 10.0. The number of rotatable bonds is 2. The summed E-state index contributed by atoms with van der Waals surface area (Å²) in [7, 11) is 0. The van der Waals surface area contributed by atoms with E-state index in [1.54, 1.807) is 11.8 Å². The molecular formula is C21H18ClN3O2S. The number of morpholine rings is 1. The Morgan fingerprint density at radius 2 is 1.82 bits per heavy atom. The summed E-state index contributed by atoms with van der Waals surface area (Å²) >= 11 is 8.23. The third kappa shape index (κ3) is 2.92. The number of carbonyl (C=O) groups is 1. The summed E-state index contributed by atoms with van der Waals surface area (Å²) in [5.41, 5.74) is 4.31. The summed E-state index contributed by atoms with van der Waals surface area (Å²) in [6, 6.07) is 15.8. The van der Waals surface area contributed by atoms with Crippen LogP contribution in [0, 0.1) is 0 Å². The molecule has 0 aliphatic carbocycles. The smallest absolute Gasteiger partial charge is 0.274 e. The molecule has 0 radical (unpaired) electrons. The summed E-state index contributed by atoms with van der Waals surface area (Å²) in [5, 5.41) is 5.39. The van der Waals surface area contributed by atoms with Crippen LogP contribution in [0.3, 0.4) is 0 Å². The molecular weight excluding hydrogens is 394 g/mol. The van der Waals surface area contributed by atoms with Crippen LogP contribution < -0.4 is 0 Å². The molecule has 1 fully saturated rings. The van der Waals surface area contributed by atoms with Gasteiger partial charge in [-0.3, -0.25) is 4.79 Å². The molecule has 0 N–H and O–H groups in total. The second-order valence-corrected chi connectivity index (χ2v) is 8.15. The predicted octanol–water partition coefficient (Wildman–Crippen LogP) is 4.27. The fourth-order valence-corrected chi connectivity index (χ4v) is 4.97. The van der Waals surface area contributed by atoms with E-state index in [0.717, 1.165) is 22.5 Å². The normalized spacial score (nSPS) is 15.8. The lowest BCUT2D eigenvalue weighted by Gasteiger charge is -2.26. The van der Waals surface area contributed by atoms with Crippen molar-refractivity contribution in [2.24, 2.45) is 0 Å². The van der Waals surface area contributed by atoms with Gasteiger partial charge in [0.1, 0.15) is 0 Å². The van der Waals surface area contributed by atoms with Crippen molar-refractivity contribution in [1.29, 1.82) is 0 Å². The highest BCUT2D eigenvalue weighted by Gasteiger charge is 2.32. The van der Waals surface area contributed by atoms with E-state index in [0.29, 0.717) is 42.8 Å². The molecule has 3 heterocycles. The van der Waals surface area contributed by atoms with E-state index >= 15 is 0 Å². The molecule has 2 aromatic carbocycles. The number of nitrogens with zero attached hydrogens (tertiary/aromatic N) is 3. The first-order valence-electron chi connectivity index (χ1n) is 9.20. The molecule has 1 aromatic heterocycles. The standard InChI is InChI=1S/C21H18ClN3O2S/c22-16-6-2-3-7-17(16)25-20-14-5-1-4-8-18(14)28-13-15(20)19(23-25)21(26)24-9-11-27-12-10-24/h1-8H,9-13H2. The maximum Gasteiger partial charge on any atom is 0.274 e. The number of hydrogen-bond acceptors (Lipinski definition) is 4. The van der Waals surface area contributed by atoms with E-state index in [2.05, 4.69) is 12.1 Å². The van der Waals surface area contributed by atoms with Crippen LogP contribution >= 0.6 is 23.4 Å². The van der Waals surface area contributed by atoms with Gasteiger partial charge in [-0.1, -0.05) is 41.9 Å². The number of ether oxygens (including phenoxy) is 1. The maximum absolute atomic E-state index is 13.3. The summed E-state index contributed by atoms with van der Waals surface area (Å²) in [5.74, 6) is 0.674. The van der Waals surface area contributed by atoms with E-state index in [1.165, 1.54) is 4.90 Å². The minimum atomic E-state index is -0.0367. The minimum Gasteiger partial charge on any atom is -0.378 e. The quantitative estimate of drug-likeness (QED) is 0.631. The SMILES string of the molecule is O=C(c1nn(-c2ccccc2Cl)c2c1CSc1ccccc1-2)N1CCOCC1. The summed E-state index contributed by atoms with van der Waals surface area (Å²) < 4.78 is 7.23. The first kappa shape index (κ1) is 17.8. The van der Waals surface area contributed by atoms with Gasteiger partial charge in [-0.2, -0.15) is 5.10 Å². The number of halogens is 1. The Labute approximate surface area is 172 Å². The third-order valence-corrected chi connectivity index (χ3v) is 6.50. The molecule has 0 bridgehead atoms. The molecule has 3 aromatic rings. The van der Waals surface area contributed by atoms with Crippen molar-refractivity contribution < 1.29 is 9.53 Å². The Balaban J connectivity index is 1.71. The fraction of sp³-hybridized carbons (Fsp3) is 0.238. The van der Waals surface area contributed by atoms with Crippen molar-refractivity contribution in [3.8, 4) is 16.9 Å². The first-order valence-corrected chi connectivity index (χ1v) is 10.6. The van der Waals surface area contributed by atoms with E-state index in [9.17, 15) is 4.79 Å². The molecule has 0 unspecified atom stereocenters. The van der Waals surface area contributed by atoms with E-state index < -0.39 is 0 Å². The average molecular weight is 412 g/mol. The Bertz CT molecular complexity index is 1060. The molecule has 7 heteroatoms. The number of carbonyl (C=O) groups excluding carboxylic acids is 1. The zero-order valence-corrected chi connectivity index (χ0v) is 16.7. The third-order valence-electron chi connectivity index (χ3n) is 5.08. The van der Waals surface area contributed by atoms with Gasteiger partial charge in [0, 0.05) is 34.9 Å². The van der Waals surface area contributed by atoms with Gasteiger partial charge in [-0.25, -0.2) is 4.68 Å². The molecule has 2 aliphatic heterocycles. The molecule has 0 spiro atoms. The van der Waals surface area contributed by atoms with Crippen LogP contribution in [0.5, 0.6) is 0 Å². The topological polar surface area (TPSA) is 47.4 Å². The van der Waals surface area contributed by atoms with Crippen LogP contribution in [-0.4, -0.2) is 46.9 Å². The van der Waals surface area contributed by atoms with Crippen LogP contribution in [0.25, 0.3) is 16.9 Å². The minimum absolute atomic E-state index is 0.0367. The van der Waals surface area contributed by atoms with Crippen molar-refractivity contribution in [3.05, 3.63) is 64.8 Å². The number of thioether (sulfide) groups is 1. The van der Waals surface area contributed by atoms with Gasteiger partial charge in [0.2, 0.25) is 0 Å². The zero-order chi connectivity index (χ0) is 19.1. The number of aromatic nitrogens is 2. The van der Waals surface area contributed by atoms with Crippen LogP contribution in [0.15, 0.2) is 53.4 Å². The molecule has 5 nitrogen and oxygen atoms in total. The van der Waals surface area contributed by atoms with Crippen LogP contribution in [0.2, 0.25) is 5.02 Å². The molecule has 2 aliphatic rings. The number of para-hydroxylation sites is 1. The lowest BCUT2D eigenvalue weighted by molar-refractivity contribution is 0.0298. The van der Waals surface area contributed by atoms with E-state index in [4.69, 9.17) is 21.4 Å². The number of hydrogen-bond donors (Lipinski definition) is 0. The summed E-state index contributed by atoms with van der Waals surface area (Å²) in [6.45, 7) is 2.32. The van der Waals surface area contributed by atoms with E-state index in [-0.39, 0.29) is 5.91 Å². The van der Waals surface area contributed by atoms with Gasteiger partial charge in [0.05, 0.1) is 29.6 Å². The average Bonchev–Trinajstić information content (AvgIpc) is 3.14. The van der Waals surface area contributed by atoms with Crippen LogP contribution in [-0.2, 0) is 10.5 Å². The van der Waals surface area contributed by atoms with Crippen molar-refractivity contribution in [1.82, 2.24) is 14.7 Å². The Hall–Kier alpha value is -2.28. The van der Waals surface area contributed by atoms with Gasteiger partial charge >= 0.3 is 0 Å². The molecule has 1 amide bonds. The molecule has 0 saturated carbocycles. The van der Waals surface area contributed by atoms with Crippen molar-refractivity contribution in [2.45, 2.75) is 10.6 Å². The molecule has 28 heavy (non-hydrogen) atoms. The van der Waals surface area contributed by atoms with Crippen molar-refractivity contribution in [3.63, 3.8) is 0 Å². The summed E-state index contributed by atoms with van der Waals surface area (Å²) in [6.07, 6.45) is 0. The highest BCUT2D eigenvalue weighted by molar-refractivity contribution is 7.98. The van der Waals surface area contributed by atoms with Crippen LogP contribution in [0.4, 0.5) is 0 Å². The fourth-order valence-electron chi connectivity index (χ4n) is 3.69. The molecule has 0 atom stereocenters. The molecule has 1 saturated heterocycles. The van der Waals surface area contributed by atoms with Gasteiger partial charge in [0.25, 0.3) is 5.91 Å². The lowest BCUT2D eigenvalue weighted by Crippen LogP contribution is -2.41. The Morgan fingerprint density at radius 3 is 2.64 bits per heavy atom. The zero-order valence-electron chi connectivity index (χ0n) is 15.1. The maximum atomic E-state index is 13.3. The number of amides is 1. The largest absolute Gasteiger partial charge is 0.378 e. The predicted molar refractivity (Wildman–Crippen MR) is 110 cm³/mol. The van der Waals surface area contributed by atoms with Crippen molar-refractivity contribution in [2.75, 3.05) is 26.3 Å². The number of benzene rings is 2.